The van der Waals surface area contributed by atoms with Gasteiger partial charge in [0.15, 0.2) is 0 Å². The average molecular weight is 289 g/mol. The summed E-state index contributed by atoms with van der Waals surface area (Å²) in [4.78, 5) is 20.9. The summed E-state index contributed by atoms with van der Waals surface area (Å²) in [7, 11) is 0. The van der Waals surface area contributed by atoms with Crippen molar-refractivity contribution in [3.63, 3.8) is 0 Å². The number of nitro groups is 1. The lowest BCUT2D eigenvalue weighted by atomic mass is 10.1. The fourth-order valence-corrected chi connectivity index (χ4v) is 1.54. The number of nitrogens with zero attached hydrogens (tertiary/aromatic N) is 1. The van der Waals surface area contributed by atoms with E-state index in [2.05, 4.69) is 11.9 Å². The third kappa shape index (κ3) is 3.65. The zero-order chi connectivity index (χ0) is 14.6. The van der Waals surface area contributed by atoms with E-state index < -0.39 is 28.4 Å². The Kier molecular flexibility index (Phi) is 4.82. The van der Waals surface area contributed by atoms with Crippen LogP contribution < -0.4 is 5.32 Å². The molecule has 0 radical (unpaired) electrons. The predicted octanol–water partition coefficient (Wildman–Crippen LogP) is 2.83. The minimum atomic E-state index is -1.21. The Bertz CT molecular complexity index is 536. The summed E-state index contributed by atoms with van der Waals surface area (Å²) in [5.74, 6) is -2.16. The van der Waals surface area contributed by atoms with Crippen LogP contribution in [-0.4, -0.2) is 22.0 Å². The van der Waals surface area contributed by atoms with Crippen LogP contribution in [0.2, 0.25) is 5.02 Å². The van der Waals surface area contributed by atoms with Gasteiger partial charge in [-0.15, -0.1) is 6.58 Å². The minimum absolute atomic E-state index is 0.0431. The molecule has 8 heteroatoms. The zero-order valence-electron chi connectivity index (χ0n) is 9.60. The van der Waals surface area contributed by atoms with E-state index in [1.165, 1.54) is 6.08 Å². The van der Waals surface area contributed by atoms with E-state index in [9.17, 15) is 19.3 Å². The molecule has 1 aromatic rings. The normalized spacial score (nSPS) is 11.7. The van der Waals surface area contributed by atoms with Gasteiger partial charge in [-0.3, -0.25) is 10.1 Å². The molecule has 0 aromatic heterocycles. The number of rotatable bonds is 6. The largest absolute Gasteiger partial charge is 0.480 e. The molecule has 19 heavy (non-hydrogen) atoms. The van der Waals surface area contributed by atoms with Crippen molar-refractivity contribution >= 4 is 28.9 Å². The van der Waals surface area contributed by atoms with Gasteiger partial charge in [-0.2, -0.15) is 0 Å². The van der Waals surface area contributed by atoms with Gasteiger partial charge in [0, 0.05) is 0 Å². The Labute approximate surface area is 112 Å². The van der Waals surface area contributed by atoms with Crippen molar-refractivity contribution in [2.45, 2.75) is 12.5 Å². The van der Waals surface area contributed by atoms with E-state index in [1.54, 1.807) is 0 Å². The Morgan fingerprint density at radius 3 is 2.79 bits per heavy atom. The highest BCUT2D eigenvalue weighted by Crippen LogP contribution is 2.31. The van der Waals surface area contributed by atoms with Gasteiger partial charge in [-0.1, -0.05) is 17.7 Å². The van der Waals surface area contributed by atoms with Crippen molar-refractivity contribution in [2.24, 2.45) is 0 Å². The van der Waals surface area contributed by atoms with Gasteiger partial charge in [-0.05, 0) is 12.5 Å². The Morgan fingerprint density at radius 1 is 1.68 bits per heavy atom. The molecule has 0 fully saturated rings. The average Bonchev–Trinajstić information content (AvgIpc) is 2.32. The molecule has 0 aliphatic heterocycles. The second kappa shape index (κ2) is 6.14. The van der Waals surface area contributed by atoms with E-state index in [1.807, 2.05) is 0 Å². The van der Waals surface area contributed by atoms with Crippen LogP contribution in [0.1, 0.15) is 6.42 Å². The van der Waals surface area contributed by atoms with Crippen LogP contribution in [0.5, 0.6) is 0 Å². The first-order valence-electron chi connectivity index (χ1n) is 5.10. The van der Waals surface area contributed by atoms with Crippen LogP contribution in [0.4, 0.5) is 15.8 Å². The molecule has 0 bridgehead atoms. The highest BCUT2D eigenvalue weighted by molar-refractivity contribution is 6.31. The summed E-state index contributed by atoms with van der Waals surface area (Å²) in [6, 6.07) is 0.503. The predicted molar refractivity (Wildman–Crippen MR) is 67.9 cm³/mol. The molecule has 0 spiro atoms. The Balaban J connectivity index is 3.17. The smallest absolute Gasteiger partial charge is 0.326 e. The van der Waals surface area contributed by atoms with Gasteiger partial charge in [0.05, 0.1) is 16.0 Å². The Morgan fingerprint density at radius 2 is 2.32 bits per heavy atom. The van der Waals surface area contributed by atoms with Crippen LogP contribution in [0, 0.1) is 15.9 Å². The van der Waals surface area contributed by atoms with Crippen LogP contribution >= 0.6 is 11.6 Å². The van der Waals surface area contributed by atoms with Crippen molar-refractivity contribution < 1.29 is 19.2 Å². The maximum atomic E-state index is 13.2. The molecule has 1 unspecified atom stereocenters. The molecule has 0 saturated carbocycles. The summed E-state index contributed by atoms with van der Waals surface area (Å²) in [5.41, 5.74) is -0.747. The van der Waals surface area contributed by atoms with Crippen molar-refractivity contribution in [2.75, 3.05) is 5.32 Å². The van der Waals surface area contributed by atoms with Crippen LogP contribution in [-0.2, 0) is 4.79 Å². The van der Waals surface area contributed by atoms with Gasteiger partial charge < -0.3 is 10.4 Å². The van der Waals surface area contributed by atoms with Gasteiger partial charge in [-0.25, -0.2) is 9.18 Å². The van der Waals surface area contributed by atoms with Gasteiger partial charge in [0.25, 0.3) is 5.69 Å². The van der Waals surface area contributed by atoms with E-state index in [0.717, 1.165) is 6.07 Å². The van der Waals surface area contributed by atoms with E-state index >= 15 is 0 Å². The molecule has 0 aliphatic rings. The lowest BCUT2D eigenvalue weighted by Gasteiger charge is -2.14. The number of carboxylic acids is 1. The summed E-state index contributed by atoms with van der Waals surface area (Å²) >= 11 is 5.53. The third-order valence-electron chi connectivity index (χ3n) is 2.27. The number of carboxylic acid groups (broad SMARTS) is 1. The summed E-state index contributed by atoms with van der Waals surface area (Å²) < 4.78 is 13.2. The molecule has 6 nitrogen and oxygen atoms in total. The summed E-state index contributed by atoms with van der Waals surface area (Å²) in [6.45, 7) is 3.39. The molecular weight excluding hydrogens is 279 g/mol. The first kappa shape index (κ1) is 14.9. The summed E-state index contributed by atoms with van der Waals surface area (Å²) in [6.07, 6.45) is 1.39. The SMILES string of the molecule is C=CCC(Nc1cc(Cl)c(F)cc1[N+](=O)[O-])C(=O)O. The monoisotopic (exact) mass is 288 g/mol. The molecule has 1 atom stereocenters. The molecule has 1 rings (SSSR count). The molecule has 0 aliphatic carbocycles. The fraction of sp³-hybridized carbons (Fsp3) is 0.182. The molecular formula is C11H10ClFN2O4. The first-order chi connectivity index (χ1) is 8.86. The number of hydrogen-bond donors (Lipinski definition) is 2. The second-order valence-corrected chi connectivity index (χ2v) is 4.01. The number of hydrogen-bond acceptors (Lipinski definition) is 4. The lowest BCUT2D eigenvalue weighted by molar-refractivity contribution is -0.384. The molecule has 102 valence electrons. The Hall–Kier alpha value is -2.15. The van der Waals surface area contributed by atoms with Gasteiger partial charge in [0.1, 0.15) is 17.5 Å². The third-order valence-corrected chi connectivity index (χ3v) is 2.56. The fourth-order valence-electron chi connectivity index (χ4n) is 1.38. The van der Waals surface area contributed by atoms with Crippen molar-refractivity contribution in [1.82, 2.24) is 0 Å². The minimum Gasteiger partial charge on any atom is -0.480 e. The lowest BCUT2D eigenvalue weighted by Crippen LogP contribution is -2.28. The first-order valence-corrected chi connectivity index (χ1v) is 5.48. The van der Waals surface area contributed by atoms with Gasteiger partial charge in [0.2, 0.25) is 0 Å². The highest BCUT2D eigenvalue weighted by atomic mass is 35.5. The van der Waals surface area contributed by atoms with Crippen molar-refractivity contribution in [3.8, 4) is 0 Å². The number of nitro benzene ring substituents is 1. The molecule has 2 N–H and O–H groups in total. The van der Waals surface area contributed by atoms with E-state index in [0.29, 0.717) is 6.07 Å². The quantitative estimate of drug-likeness (QED) is 0.477. The number of anilines is 1. The van der Waals surface area contributed by atoms with Crippen molar-refractivity contribution in [3.05, 3.63) is 45.7 Å². The molecule has 0 amide bonds. The summed E-state index contributed by atoms with van der Waals surface area (Å²) in [5, 5.41) is 21.8. The number of carbonyl (C=O) groups is 1. The number of nitrogens with one attached hydrogen (secondary N) is 1. The van der Waals surface area contributed by atoms with Crippen LogP contribution in [0.25, 0.3) is 0 Å². The van der Waals surface area contributed by atoms with Gasteiger partial charge >= 0.3 is 5.97 Å². The topological polar surface area (TPSA) is 92.5 Å². The standard InChI is InChI=1S/C11H10ClFN2O4/c1-2-3-8(11(16)17)14-9-4-6(12)7(13)5-10(9)15(18)19/h2,4-5,8,14H,1,3H2,(H,16,17). The zero-order valence-corrected chi connectivity index (χ0v) is 10.4. The number of halogens is 2. The number of aliphatic carboxylic acids is 1. The second-order valence-electron chi connectivity index (χ2n) is 3.60. The van der Waals surface area contributed by atoms with E-state index in [-0.39, 0.29) is 17.1 Å². The van der Waals surface area contributed by atoms with Crippen LogP contribution in [0.3, 0.4) is 0 Å². The highest BCUT2D eigenvalue weighted by Gasteiger charge is 2.23. The number of benzene rings is 1. The molecule has 0 saturated heterocycles. The van der Waals surface area contributed by atoms with Crippen LogP contribution in [0.15, 0.2) is 24.8 Å². The molecule has 0 heterocycles. The molecule has 1 aromatic carbocycles. The van der Waals surface area contributed by atoms with E-state index in [4.69, 9.17) is 16.7 Å². The van der Waals surface area contributed by atoms with Crippen molar-refractivity contribution in [1.29, 1.82) is 0 Å². The maximum Gasteiger partial charge on any atom is 0.326 e. The maximum absolute atomic E-state index is 13.2.